The molecule has 0 aliphatic carbocycles. The van der Waals surface area contributed by atoms with Gasteiger partial charge in [-0.1, -0.05) is 30.3 Å². The van der Waals surface area contributed by atoms with Crippen LogP contribution < -0.4 is 10.1 Å². The third kappa shape index (κ3) is 3.59. The smallest absolute Gasteiger partial charge is 0.258 e. The molecule has 0 atom stereocenters. The number of hydrogen-bond acceptors (Lipinski definition) is 3. The Labute approximate surface area is 175 Å². The van der Waals surface area contributed by atoms with Gasteiger partial charge < -0.3 is 14.6 Å². The van der Waals surface area contributed by atoms with Crippen molar-refractivity contribution in [1.82, 2.24) is 14.8 Å². The van der Waals surface area contributed by atoms with Gasteiger partial charge >= 0.3 is 0 Å². The molecule has 2 aliphatic rings. The Bertz CT molecular complexity index is 1070. The molecule has 0 saturated carbocycles. The van der Waals surface area contributed by atoms with Crippen LogP contribution >= 0.6 is 0 Å². The highest BCUT2D eigenvalue weighted by Gasteiger charge is 2.42. The summed E-state index contributed by atoms with van der Waals surface area (Å²) in [4.78, 5) is 14.9. The average molecular weight is 405 g/mol. The molecule has 3 heterocycles. The van der Waals surface area contributed by atoms with Crippen molar-refractivity contribution in [3.8, 4) is 5.75 Å². The van der Waals surface area contributed by atoms with E-state index in [9.17, 15) is 9.18 Å². The van der Waals surface area contributed by atoms with Gasteiger partial charge in [-0.2, -0.15) is 0 Å². The maximum atomic E-state index is 14.0. The second-order valence-corrected chi connectivity index (χ2v) is 8.04. The quantitative estimate of drug-likeness (QED) is 0.718. The van der Waals surface area contributed by atoms with Crippen molar-refractivity contribution in [2.75, 3.05) is 13.1 Å². The Morgan fingerprint density at radius 3 is 2.57 bits per heavy atom. The molecule has 154 valence electrons. The molecule has 0 bridgehead atoms. The van der Waals surface area contributed by atoms with Crippen molar-refractivity contribution in [3.63, 3.8) is 0 Å². The maximum absolute atomic E-state index is 14.0. The van der Waals surface area contributed by atoms with Gasteiger partial charge in [-0.25, -0.2) is 4.39 Å². The van der Waals surface area contributed by atoms with Crippen LogP contribution in [0.25, 0.3) is 0 Å². The number of aromatic nitrogens is 1. The summed E-state index contributed by atoms with van der Waals surface area (Å²) in [7, 11) is 0. The van der Waals surface area contributed by atoms with Crippen molar-refractivity contribution < 1.29 is 13.9 Å². The van der Waals surface area contributed by atoms with E-state index < -0.39 is 5.72 Å². The van der Waals surface area contributed by atoms with Crippen LogP contribution in [-0.2, 0) is 13.1 Å². The molecule has 1 fully saturated rings. The summed E-state index contributed by atoms with van der Waals surface area (Å²) in [5.74, 6) is 0.417. The summed E-state index contributed by atoms with van der Waals surface area (Å²) in [6, 6.07) is 18.4. The Morgan fingerprint density at radius 1 is 0.967 bits per heavy atom. The van der Waals surface area contributed by atoms with E-state index in [0.29, 0.717) is 23.4 Å². The van der Waals surface area contributed by atoms with E-state index in [4.69, 9.17) is 4.74 Å². The summed E-state index contributed by atoms with van der Waals surface area (Å²) in [6.07, 6.45) is 3.44. The number of amides is 1. The third-order valence-electron chi connectivity index (χ3n) is 6.05. The molecule has 1 aromatic heterocycles. The van der Waals surface area contributed by atoms with Crippen molar-refractivity contribution in [1.29, 1.82) is 0 Å². The lowest BCUT2D eigenvalue weighted by Gasteiger charge is -2.44. The van der Waals surface area contributed by atoms with Crippen LogP contribution in [0.1, 0.15) is 34.5 Å². The number of halogens is 1. The molecular formula is C24H24FN3O2. The lowest BCUT2D eigenvalue weighted by atomic mass is 9.97. The van der Waals surface area contributed by atoms with Gasteiger partial charge in [0, 0.05) is 49.9 Å². The second kappa shape index (κ2) is 7.61. The summed E-state index contributed by atoms with van der Waals surface area (Å²) < 4.78 is 22.4. The number of nitrogens with one attached hydrogen (secondary N) is 1. The first-order valence-corrected chi connectivity index (χ1v) is 10.3. The van der Waals surface area contributed by atoms with Crippen LogP contribution in [0.3, 0.4) is 0 Å². The molecule has 0 unspecified atom stereocenters. The molecule has 6 heteroatoms. The standard InChI is InChI=1S/C24H24FN3O2/c25-21-9-3-1-6-18(21)16-28-13-5-7-19(28)17-27-14-11-24(12-15-27)26-23(29)20-8-2-4-10-22(20)30-24/h1-10,13H,11-12,14-17H2,(H,26,29). The Balaban J connectivity index is 1.24. The minimum atomic E-state index is -0.628. The minimum Gasteiger partial charge on any atom is -0.467 e. The SMILES string of the molecule is O=C1NC2(CCN(Cc3cccn3Cc3ccccc3F)CC2)Oc2ccccc21. The first-order valence-electron chi connectivity index (χ1n) is 10.3. The zero-order chi connectivity index (χ0) is 20.6. The molecule has 1 spiro atoms. The number of piperidine rings is 1. The number of hydrogen-bond donors (Lipinski definition) is 1. The van der Waals surface area contributed by atoms with Crippen molar-refractivity contribution in [2.45, 2.75) is 31.7 Å². The molecular weight excluding hydrogens is 381 g/mol. The number of carbonyl (C=O) groups excluding carboxylic acids is 1. The summed E-state index contributed by atoms with van der Waals surface area (Å²) in [5.41, 5.74) is 1.80. The number of ether oxygens (including phenoxy) is 1. The summed E-state index contributed by atoms with van der Waals surface area (Å²) in [5, 5.41) is 3.08. The second-order valence-electron chi connectivity index (χ2n) is 8.04. The average Bonchev–Trinajstić information content (AvgIpc) is 3.18. The van der Waals surface area contributed by atoms with Crippen LogP contribution in [0.15, 0.2) is 66.9 Å². The molecule has 1 saturated heterocycles. The third-order valence-corrected chi connectivity index (χ3v) is 6.05. The fourth-order valence-electron chi connectivity index (χ4n) is 4.34. The lowest BCUT2D eigenvalue weighted by Crippen LogP contribution is -2.60. The van der Waals surface area contributed by atoms with Gasteiger partial charge in [0.1, 0.15) is 11.6 Å². The number of rotatable bonds is 4. The first kappa shape index (κ1) is 18.9. The van der Waals surface area contributed by atoms with Gasteiger partial charge in [-0.15, -0.1) is 0 Å². The van der Waals surface area contributed by atoms with Gasteiger partial charge in [-0.3, -0.25) is 9.69 Å². The molecule has 2 aromatic carbocycles. The van der Waals surface area contributed by atoms with E-state index in [2.05, 4.69) is 20.9 Å². The van der Waals surface area contributed by atoms with Crippen LogP contribution in [0.2, 0.25) is 0 Å². The highest BCUT2D eigenvalue weighted by atomic mass is 19.1. The van der Waals surface area contributed by atoms with Gasteiger partial charge in [0.25, 0.3) is 5.91 Å². The predicted octanol–water partition coefficient (Wildman–Crippen LogP) is 3.79. The number of benzene rings is 2. The van der Waals surface area contributed by atoms with E-state index in [1.54, 1.807) is 12.1 Å². The van der Waals surface area contributed by atoms with Gasteiger partial charge in [0.2, 0.25) is 0 Å². The van der Waals surface area contributed by atoms with Gasteiger partial charge in [-0.05, 0) is 30.3 Å². The molecule has 0 radical (unpaired) electrons. The molecule has 2 aliphatic heterocycles. The van der Waals surface area contributed by atoms with Crippen LogP contribution in [0.4, 0.5) is 4.39 Å². The molecule has 1 N–H and O–H groups in total. The Morgan fingerprint density at radius 2 is 1.73 bits per heavy atom. The van der Waals surface area contributed by atoms with Crippen molar-refractivity contribution in [2.24, 2.45) is 0 Å². The van der Waals surface area contributed by atoms with Gasteiger partial charge in [0.15, 0.2) is 5.72 Å². The van der Waals surface area contributed by atoms with E-state index in [-0.39, 0.29) is 11.7 Å². The number of likely N-dealkylation sites (tertiary alicyclic amines) is 1. The highest BCUT2D eigenvalue weighted by molar-refractivity contribution is 5.98. The van der Waals surface area contributed by atoms with Crippen LogP contribution in [-0.4, -0.2) is 34.2 Å². The van der Waals surface area contributed by atoms with Crippen molar-refractivity contribution in [3.05, 3.63) is 89.5 Å². The molecule has 5 nitrogen and oxygen atoms in total. The number of nitrogens with zero attached hydrogens (tertiary/aromatic N) is 2. The zero-order valence-electron chi connectivity index (χ0n) is 16.7. The fraction of sp³-hybridized carbons (Fsp3) is 0.292. The molecule has 3 aromatic rings. The maximum Gasteiger partial charge on any atom is 0.258 e. The fourth-order valence-corrected chi connectivity index (χ4v) is 4.34. The van der Waals surface area contributed by atoms with E-state index in [1.165, 1.54) is 6.07 Å². The number of para-hydroxylation sites is 1. The normalized spacial score (nSPS) is 18.0. The van der Waals surface area contributed by atoms with E-state index >= 15 is 0 Å². The monoisotopic (exact) mass is 405 g/mol. The van der Waals surface area contributed by atoms with Crippen LogP contribution in [0, 0.1) is 5.82 Å². The summed E-state index contributed by atoms with van der Waals surface area (Å²) in [6.45, 7) is 2.92. The lowest BCUT2D eigenvalue weighted by molar-refractivity contribution is -0.0307. The molecule has 5 rings (SSSR count). The van der Waals surface area contributed by atoms with E-state index in [1.807, 2.05) is 42.6 Å². The zero-order valence-corrected chi connectivity index (χ0v) is 16.7. The van der Waals surface area contributed by atoms with Crippen molar-refractivity contribution >= 4 is 5.91 Å². The topological polar surface area (TPSA) is 46.5 Å². The predicted molar refractivity (Wildman–Crippen MR) is 112 cm³/mol. The molecule has 1 amide bonds. The van der Waals surface area contributed by atoms with Gasteiger partial charge in [0.05, 0.1) is 12.1 Å². The number of carbonyl (C=O) groups is 1. The Kier molecular flexibility index (Phi) is 4.79. The highest BCUT2D eigenvalue weighted by Crippen LogP contribution is 2.33. The largest absolute Gasteiger partial charge is 0.467 e. The molecule has 30 heavy (non-hydrogen) atoms. The first-order chi connectivity index (χ1) is 14.6. The Hall–Kier alpha value is -3.12. The summed E-state index contributed by atoms with van der Waals surface area (Å²) >= 11 is 0. The minimum absolute atomic E-state index is 0.0657. The van der Waals surface area contributed by atoms with Crippen LogP contribution in [0.5, 0.6) is 5.75 Å². The van der Waals surface area contributed by atoms with E-state index in [0.717, 1.165) is 38.2 Å². The number of fused-ring (bicyclic) bond motifs is 1.